The minimum atomic E-state index is -3.50. The third-order valence-electron chi connectivity index (χ3n) is 4.08. The maximum atomic E-state index is 12.5. The van der Waals surface area contributed by atoms with E-state index in [1.807, 2.05) is 0 Å². The molecular weight excluding hydrogens is 288 g/mol. The first-order valence-corrected chi connectivity index (χ1v) is 9.23. The van der Waals surface area contributed by atoms with Gasteiger partial charge in [-0.25, -0.2) is 13.1 Å². The minimum absolute atomic E-state index is 0.307. The zero-order valence-electron chi connectivity index (χ0n) is 13.1. The molecule has 0 amide bonds. The third-order valence-corrected chi connectivity index (χ3v) is 5.71. The SMILES string of the molecule is CCC(CC)CNS(=O)(=O)c1c(CNC2CC2)n[nH]c1C. The Morgan fingerprint density at radius 1 is 1.33 bits per heavy atom. The van der Waals surface area contributed by atoms with Crippen LogP contribution in [0.15, 0.2) is 4.90 Å². The molecule has 0 saturated heterocycles. The van der Waals surface area contributed by atoms with Crippen LogP contribution in [0.2, 0.25) is 0 Å². The smallest absolute Gasteiger partial charge is 0.244 e. The van der Waals surface area contributed by atoms with Crippen molar-refractivity contribution in [3.05, 3.63) is 11.4 Å². The van der Waals surface area contributed by atoms with Crippen molar-refractivity contribution in [2.24, 2.45) is 5.92 Å². The summed E-state index contributed by atoms with van der Waals surface area (Å²) in [5, 5.41) is 10.2. The zero-order valence-corrected chi connectivity index (χ0v) is 13.9. The number of nitrogens with one attached hydrogen (secondary N) is 3. The molecule has 1 aromatic heterocycles. The second kappa shape index (κ2) is 6.89. The van der Waals surface area contributed by atoms with Gasteiger partial charge in [-0.15, -0.1) is 0 Å². The molecule has 1 fully saturated rings. The van der Waals surface area contributed by atoms with Gasteiger partial charge in [0.05, 0.1) is 11.4 Å². The van der Waals surface area contributed by atoms with Crippen LogP contribution in [-0.4, -0.2) is 31.2 Å². The lowest BCUT2D eigenvalue weighted by Gasteiger charge is -2.14. The summed E-state index contributed by atoms with van der Waals surface area (Å²) in [5.74, 6) is 0.375. The number of hydrogen-bond acceptors (Lipinski definition) is 4. The van der Waals surface area contributed by atoms with Gasteiger partial charge < -0.3 is 5.32 Å². The van der Waals surface area contributed by atoms with Crippen molar-refractivity contribution in [3.8, 4) is 0 Å². The van der Waals surface area contributed by atoms with Gasteiger partial charge in [0.15, 0.2) is 0 Å². The van der Waals surface area contributed by atoms with Crippen molar-refractivity contribution in [1.29, 1.82) is 0 Å². The van der Waals surface area contributed by atoms with Crippen LogP contribution in [0.4, 0.5) is 0 Å². The molecule has 1 aliphatic rings. The fourth-order valence-electron chi connectivity index (χ4n) is 2.35. The van der Waals surface area contributed by atoms with Crippen LogP contribution >= 0.6 is 0 Å². The van der Waals surface area contributed by atoms with Crippen LogP contribution < -0.4 is 10.0 Å². The molecule has 2 rings (SSSR count). The summed E-state index contributed by atoms with van der Waals surface area (Å²) >= 11 is 0. The number of rotatable bonds is 9. The average molecular weight is 314 g/mol. The number of aryl methyl sites for hydroxylation is 1. The first-order valence-electron chi connectivity index (χ1n) is 7.74. The van der Waals surface area contributed by atoms with Crippen molar-refractivity contribution >= 4 is 10.0 Å². The number of H-pyrrole nitrogens is 1. The topological polar surface area (TPSA) is 86.9 Å². The van der Waals surface area contributed by atoms with Crippen LogP contribution in [-0.2, 0) is 16.6 Å². The van der Waals surface area contributed by atoms with Crippen molar-refractivity contribution in [2.45, 2.75) is 63.9 Å². The molecule has 0 atom stereocenters. The standard InChI is InChI=1S/C14H26N4O2S/c1-4-11(5-2)8-16-21(19,20)14-10(3)17-18-13(14)9-15-12-6-7-12/h11-12,15-16H,4-9H2,1-3H3,(H,17,18). The van der Waals surface area contributed by atoms with E-state index in [2.05, 4.69) is 34.1 Å². The van der Waals surface area contributed by atoms with E-state index in [9.17, 15) is 8.42 Å². The Bertz CT molecular complexity index is 560. The molecule has 7 heteroatoms. The lowest BCUT2D eigenvalue weighted by molar-refractivity contribution is 0.478. The van der Waals surface area contributed by atoms with Gasteiger partial charge in [0.2, 0.25) is 10.0 Å². The predicted octanol–water partition coefficient (Wildman–Crippen LogP) is 1.68. The quantitative estimate of drug-likeness (QED) is 0.647. The summed E-state index contributed by atoms with van der Waals surface area (Å²) in [7, 11) is -3.50. The molecule has 120 valence electrons. The first kappa shape index (κ1) is 16.5. The Kier molecular flexibility index (Phi) is 5.40. The van der Waals surface area contributed by atoms with Crippen LogP contribution in [0, 0.1) is 12.8 Å². The summed E-state index contributed by atoms with van der Waals surface area (Å²) in [5.41, 5.74) is 1.18. The molecule has 3 N–H and O–H groups in total. The van der Waals surface area contributed by atoms with Crippen LogP contribution in [0.25, 0.3) is 0 Å². The van der Waals surface area contributed by atoms with E-state index in [0.29, 0.717) is 41.3 Å². The van der Waals surface area contributed by atoms with Crippen molar-refractivity contribution < 1.29 is 8.42 Å². The van der Waals surface area contributed by atoms with E-state index < -0.39 is 10.0 Å². The van der Waals surface area contributed by atoms with E-state index in [1.54, 1.807) is 6.92 Å². The Morgan fingerprint density at radius 3 is 2.57 bits per heavy atom. The summed E-state index contributed by atoms with van der Waals surface area (Å²) in [6, 6.07) is 0.523. The molecule has 0 radical (unpaired) electrons. The highest BCUT2D eigenvalue weighted by Gasteiger charge is 2.27. The van der Waals surface area contributed by atoms with E-state index in [1.165, 1.54) is 12.8 Å². The summed E-state index contributed by atoms with van der Waals surface area (Å²) in [4.78, 5) is 0.307. The van der Waals surface area contributed by atoms with Crippen molar-refractivity contribution in [3.63, 3.8) is 0 Å². The molecule has 6 nitrogen and oxygen atoms in total. The average Bonchev–Trinajstić information content (AvgIpc) is 3.20. The Morgan fingerprint density at radius 2 is 2.00 bits per heavy atom. The maximum Gasteiger partial charge on any atom is 0.244 e. The molecule has 1 aliphatic carbocycles. The Balaban J connectivity index is 2.08. The largest absolute Gasteiger partial charge is 0.308 e. The van der Waals surface area contributed by atoms with E-state index in [0.717, 1.165) is 12.8 Å². The molecular formula is C14H26N4O2S. The maximum absolute atomic E-state index is 12.5. The highest BCUT2D eigenvalue weighted by Crippen LogP contribution is 2.22. The van der Waals surface area contributed by atoms with E-state index in [4.69, 9.17) is 0 Å². The fraction of sp³-hybridized carbons (Fsp3) is 0.786. The summed E-state index contributed by atoms with van der Waals surface area (Å²) in [6.45, 7) is 6.89. The van der Waals surface area contributed by atoms with Gasteiger partial charge in [-0.1, -0.05) is 26.7 Å². The molecule has 1 saturated carbocycles. The number of nitrogens with zero attached hydrogens (tertiary/aromatic N) is 1. The zero-order chi connectivity index (χ0) is 15.5. The molecule has 0 bridgehead atoms. The second-order valence-corrected chi connectivity index (χ2v) is 7.52. The van der Waals surface area contributed by atoms with Crippen LogP contribution in [0.3, 0.4) is 0 Å². The fourth-order valence-corrected chi connectivity index (χ4v) is 3.83. The molecule has 0 aromatic carbocycles. The van der Waals surface area contributed by atoms with Crippen LogP contribution in [0.5, 0.6) is 0 Å². The lowest BCUT2D eigenvalue weighted by atomic mass is 10.0. The molecule has 1 heterocycles. The van der Waals surface area contributed by atoms with E-state index >= 15 is 0 Å². The highest BCUT2D eigenvalue weighted by molar-refractivity contribution is 7.89. The monoisotopic (exact) mass is 314 g/mol. The predicted molar refractivity (Wildman–Crippen MR) is 82.4 cm³/mol. The van der Waals surface area contributed by atoms with Crippen LogP contribution in [0.1, 0.15) is 50.9 Å². The molecule has 0 unspecified atom stereocenters. The molecule has 21 heavy (non-hydrogen) atoms. The van der Waals surface area contributed by atoms with Gasteiger partial charge in [0.25, 0.3) is 0 Å². The summed E-state index contributed by atoms with van der Waals surface area (Å²) in [6.07, 6.45) is 4.27. The number of hydrogen-bond donors (Lipinski definition) is 3. The molecule has 1 aromatic rings. The van der Waals surface area contributed by atoms with Gasteiger partial charge in [-0.3, -0.25) is 5.10 Å². The second-order valence-electron chi connectivity index (χ2n) is 5.81. The van der Waals surface area contributed by atoms with Gasteiger partial charge in [-0.05, 0) is 25.7 Å². The molecule has 0 spiro atoms. The Hall–Kier alpha value is -0.920. The van der Waals surface area contributed by atoms with Gasteiger partial charge in [0.1, 0.15) is 4.90 Å². The van der Waals surface area contributed by atoms with Gasteiger partial charge in [-0.2, -0.15) is 5.10 Å². The lowest BCUT2D eigenvalue weighted by Crippen LogP contribution is -2.30. The number of sulfonamides is 1. The van der Waals surface area contributed by atoms with Gasteiger partial charge >= 0.3 is 0 Å². The Labute approximate surface area is 127 Å². The highest BCUT2D eigenvalue weighted by atomic mass is 32.2. The third kappa shape index (κ3) is 4.28. The normalized spacial score (nSPS) is 15.8. The number of aromatic nitrogens is 2. The molecule has 0 aliphatic heterocycles. The van der Waals surface area contributed by atoms with Crippen molar-refractivity contribution in [1.82, 2.24) is 20.2 Å². The van der Waals surface area contributed by atoms with E-state index in [-0.39, 0.29) is 0 Å². The van der Waals surface area contributed by atoms with Gasteiger partial charge in [0, 0.05) is 19.1 Å². The van der Waals surface area contributed by atoms with Crippen molar-refractivity contribution in [2.75, 3.05) is 6.54 Å². The minimum Gasteiger partial charge on any atom is -0.308 e. The summed E-state index contributed by atoms with van der Waals surface area (Å²) < 4.78 is 27.8. The first-order chi connectivity index (χ1) is 9.97. The number of aromatic amines is 1.